The highest BCUT2D eigenvalue weighted by atomic mass is 16.6. The quantitative estimate of drug-likeness (QED) is 0.710. The van der Waals surface area contributed by atoms with E-state index in [1.165, 1.54) is 0 Å². The molecule has 17 heavy (non-hydrogen) atoms. The number of nitrogens with zero attached hydrogens (tertiary/aromatic N) is 1. The van der Waals surface area contributed by atoms with Gasteiger partial charge in [0.05, 0.1) is 6.61 Å². The van der Waals surface area contributed by atoms with Crippen molar-refractivity contribution < 1.29 is 19.7 Å². The summed E-state index contributed by atoms with van der Waals surface area (Å²) in [6.07, 6.45) is 0.132. The fourth-order valence-corrected chi connectivity index (χ4v) is 1.65. The van der Waals surface area contributed by atoms with Crippen LogP contribution in [0.2, 0.25) is 0 Å². The lowest BCUT2D eigenvalue weighted by molar-refractivity contribution is 0.0643. The van der Waals surface area contributed by atoms with E-state index < -0.39 is 0 Å². The van der Waals surface area contributed by atoms with Gasteiger partial charge in [-0.2, -0.15) is 0 Å². The highest BCUT2D eigenvalue weighted by molar-refractivity contribution is 5.68. The van der Waals surface area contributed by atoms with Crippen LogP contribution in [-0.2, 0) is 4.74 Å². The van der Waals surface area contributed by atoms with Crippen LogP contribution in [0.5, 0.6) is 0 Å². The van der Waals surface area contributed by atoms with Crippen molar-refractivity contribution in [1.29, 1.82) is 0 Å². The second kappa shape index (κ2) is 8.31. The minimum Gasteiger partial charge on any atom is -0.449 e. The summed E-state index contributed by atoms with van der Waals surface area (Å²) in [5.41, 5.74) is 0. The lowest BCUT2D eigenvalue weighted by Crippen LogP contribution is -2.42. The number of carbonyl (C=O) groups is 1. The van der Waals surface area contributed by atoms with Gasteiger partial charge in [-0.3, -0.25) is 0 Å². The number of hydrogen-bond acceptors (Lipinski definition) is 4. The van der Waals surface area contributed by atoms with Crippen LogP contribution >= 0.6 is 0 Å². The number of ether oxygens (including phenoxy) is 1. The number of amides is 1. The number of aliphatic hydroxyl groups is 2. The fourth-order valence-electron chi connectivity index (χ4n) is 1.65. The Balaban J connectivity index is 4.07. The summed E-state index contributed by atoms with van der Waals surface area (Å²) in [5.74, 6) is -0.214. The molecule has 1 amide bonds. The van der Waals surface area contributed by atoms with E-state index >= 15 is 0 Å². The molecular weight excluding hydrogens is 222 g/mol. The maximum absolute atomic E-state index is 11.8. The summed E-state index contributed by atoms with van der Waals surface area (Å²) in [6, 6.07) is 0.183. The van der Waals surface area contributed by atoms with Crippen LogP contribution in [0.25, 0.3) is 0 Å². The summed E-state index contributed by atoms with van der Waals surface area (Å²) in [6.45, 7) is 7.78. The molecule has 0 unspecified atom stereocenters. The largest absolute Gasteiger partial charge is 0.449 e. The van der Waals surface area contributed by atoms with Crippen LogP contribution in [0.15, 0.2) is 0 Å². The molecule has 5 nitrogen and oxygen atoms in total. The molecule has 0 atom stereocenters. The number of carbonyl (C=O) groups excluding carboxylic acids is 1. The average Bonchev–Trinajstić information content (AvgIpc) is 2.23. The molecule has 0 aliphatic rings. The van der Waals surface area contributed by atoms with Crippen molar-refractivity contribution in [1.82, 2.24) is 4.90 Å². The van der Waals surface area contributed by atoms with Gasteiger partial charge >= 0.3 is 6.09 Å². The molecule has 0 saturated heterocycles. The maximum Gasteiger partial charge on any atom is 0.410 e. The SMILES string of the molecule is CC(C)N(C(=O)OCCC(CO)CO)C(C)C. The second-order valence-electron chi connectivity index (χ2n) is 4.73. The topological polar surface area (TPSA) is 70.0 Å². The Morgan fingerprint density at radius 1 is 1.12 bits per heavy atom. The molecule has 0 bridgehead atoms. The molecule has 0 spiro atoms. The van der Waals surface area contributed by atoms with Crippen molar-refractivity contribution in [2.75, 3.05) is 19.8 Å². The molecule has 0 rings (SSSR count). The Labute approximate surface area is 103 Å². The van der Waals surface area contributed by atoms with E-state index in [9.17, 15) is 4.79 Å². The van der Waals surface area contributed by atoms with E-state index in [-0.39, 0.29) is 43.9 Å². The maximum atomic E-state index is 11.8. The van der Waals surface area contributed by atoms with Gasteiger partial charge in [0.2, 0.25) is 0 Å². The normalized spacial score (nSPS) is 11.4. The molecule has 0 aliphatic carbocycles. The first-order valence-corrected chi connectivity index (χ1v) is 6.10. The molecule has 5 heteroatoms. The van der Waals surface area contributed by atoms with Gasteiger partial charge in [-0.15, -0.1) is 0 Å². The third-order valence-corrected chi connectivity index (χ3v) is 2.59. The lowest BCUT2D eigenvalue weighted by atomic mass is 10.1. The fraction of sp³-hybridized carbons (Fsp3) is 0.917. The summed E-state index contributed by atoms with van der Waals surface area (Å²) >= 11 is 0. The third kappa shape index (κ3) is 5.89. The molecule has 0 fully saturated rings. The van der Waals surface area contributed by atoms with Crippen LogP contribution in [0.4, 0.5) is 4.79 Å². The molecule has 0 aromatic carbocycles. The van der Waals surface area contributed by atoms with Gasteiger partial charge in [0.25, 0.3) is 0 Å². The van der Waals surface area contributed by atoms with Crippen LogP contribution in [0.1, 0.15) is 34.1 Å². The smallest absolute Gasteiger partial charge is 0.410 e. The van der Waals surface area contributed by atoms with E-state index in [0.29, 0.717) is 6.42 Å². The van der Waals surface area contributed by atoms with E-state index in [0.717, 1.165) is 0 Å². The van der Waals surface area contributed by atoms with Gasteiger partial charge in [-0.05, 0) is 34.1 Å². The van der Waals surface area contributed by atoms with Gasteiger partial charge in [-0.25, -0.2) is 4.79 Å². The van der Waals surface area contributed by atoms with E-state index in [1.54, 1.807) is 4.90 Å². The summed E-state index contributed by atoms with van der Waals surface area (Å²) in [4.78, 5) is 13.4. The van der Waals surface area contributed by atoms with Crippen LogP contribution in [0, 0.1) is 5.92 Å². The zero-order chi connectivity index (χ0) is 13.4. The first kappa shape index (κ1) is 16.2. The van der Waals surface area contributed by atoms with Gasteiger partial charge in [0, 0.05) is 31.2 Å². The first-order valence-electron chi connectivity index (χ1n) is 6.10. The predicted molar refractivity (Wildman–Crippen MR) is 65.7 cm³/mol. The van der Waals surface area contributed by atoms with E-state index in [4.69, 9.17) is 14.9 Å². The monoisotopic (exact) mass is 247 g/mol. The zero-order valence-corrected chi connectivity index (χ0v) is 11.2. The highest BCUT2D eigenvalue weighted by Gasteiger charge is 2.21. The summed E-state index contributed by atoms with van der Waals surface area (Å²) < 4.78 is 5.13. The first-order chi connectivity index (χ1) is 7.93. The van der Waals surface area contributed by atoms with Gasteiger partial charge < -0.3 is 19.8 Å². The Kier molecular flexibility index (Phi) is 7.91. The van der Waals surface area contributed by atoms with Crippen LogP contribution in [0.3, 0.4) is 0 Å². The standard InChI is InChI=1S/C12H25NO4/c1-9(2)13(10(3)4)12(16)17-6-5-11(7-14)8-15/h9-11,14-15H,5-8H2,1-4H3. The molecule has 0 heterocycles. The molecule has 0 radical (unpaired) electrons. The lowest BCUT2D eigenvalue weighted by Gasteiger charge is -2.29. The number of rotatable bonds is 7. The molecular formula is C12H25NO4. The third-order valence-electron chi connectivity index (χ3n) is 2.59. The zero-order valence-electron chi connectivity index (χ0n) is 11.2. The molecule has 0 saturated carbocycles. The number of aliphatic hydroxyl groups excluding tert-OH is 2. The van der Waals surface area contributed by atoms with Crippen molar-refractivity contribution in [3.8, 4) is 0 Å². The predicted octanol–water partition coefficient (Wildman–Crippen LogP) is 1.23. The summed E-state index contributed by atoms with van der Waals surface area (Å²) in [7, 11) is 0. The van der Waals surface area contributed by atoms with Crippen molar-refractivity contribution in [3.63, 3.8) is 0 Å². The van der Waals surface area contributed by atoms with Crippen molar-refractivity contribution in [2.24, 2.45) is 5.92 Å². The molecule has 102 valence electrons. The Hall–Kier alpha value is -0.810. The Morgan fingerprint density at radius 3 is 1.94 bits per heavy atom. The van der Waals surface area contributed by atoms with Gasteiger partial charge in [0.15, 0.2) is 0 Å². The van der Waals surface area contributed by atoms with Crippen molar-refractivity contribution in [2.45, 2.75) is 46.2 Å². The van der Waals surface area contributed by atoms with Crippen LogP contribution in [-0.4, -0.2) is 53.1 Å². The van der Waals surface area contributed by atoms with Crippen molar-refractivity contribution in [3.05, 3.63) is 0 Å². The van der Waals surface area contributed by atoms with Crippen molar-refractivity contribution >= 4 is 6.09 Å². The average molecular weight is 247 g/mol. The summed E-state index contributed by atoms with van der Waals surface area (Å²) in [5, 5.41) is 17.7. The molecule has 2 N–H and O–H groups in total. The van der Waals surface area contributed by atoms with Crippen LogP contribution < -0.4 is 0 Å². The minimum atomic E-state index is -0.343. The van der Waals surface area contributed by atoms with Gasteiger partial charge in [0.1, 0.15) is 0 Å². The Morgan fingerprint density at radius 2 is 1.59 bits per heavy atom. The molecule has 0 aromatic rings. The highest BCUT2D eigenvalue weighted by Crippen LogP contribution is 2.09. The van der Waals surface area contributed by atoms with E-state index in [2.05, 4.69) is 0 Å². The molecule has 0 aliphatic heterocycles. The minimum absolute atomic E-state index is 0.0911. The van der Waals surface area contributed by atoms with Gasteiger partial charge in [-0.1, -0.05) is 0 Å². The second-order valence-corrected chi connectivity index (χ2v) is 4.73. The molecule has 0 aromatic heterocycles. The number of hydrogen-bond donors (Lipinski definition) is 2. The van der Waals surface area contributed by atoms with E-state index in [1.807, 2.05) is 27.7 Å². The Bertz CT molecular complexity index is 207.